The Hall–Kier alpha value is -1.97. The van der Waals surface area contributed by atoms with Crippen molar-refractivity contribution in [1.82, 2.24) is 0 Å². The van der Waals surface area contributed by atoms with E-state index in [4.69, 9.17) is 18.9 Å². The van der Waals surface area contributed by atoms with Crippen LogP contribution in [0.25, 0.3) is 0 Å². The van der Waals surface area contributed by atoms with Gasteiger partial charge in [-0.25, -0.2) is 4.79 Å². The van der Waals surface area contributed by atoms with E-state index >= 15 is 0 Å². The van der Waals surface area contributed by atoms with Gasteiger partial charge >= 0.3 is 17.9 Å². The number of ether oxygens (including phenoxy) is 4. The quantitative estimate of drug-likeness (QED) is 0.0212. The third-order valence-corrected chi connectivity index (χ3v) is 11.3. The smallest absolute Gasteiger partial charge is 0.361 e. The monoisotopic (exact) mass is 853 g/mol. The lowest BCUT2D eigenvalue weighted by atomic mass is 10.0. The summed E-state index contributed by atoms with van der Waals surface area (Å²) in [5.41, 5.74) is 0. The van der Waals surface area contributed by atoms with Crippen LogP contribution in [0, 0.1) is 0 Å². The van der Waals surface area contributed by atoms with Gasteiger partial charge in [-0.05, 0) is 38.5 Å². The van der Waals surface area contributed by atoms with Crippen molar-refractivity contribution < 1.29 is 42.9 Å². The summed E-state index contributed by atoms with van der Waals surface area (Å²) < 4.78 is 22.7. The highest BCUT2D eigenvalue weighted by atomic mass is 16.7. The van der Waals surface area contributed by atoms with E-state index in [1.807, 2.05) is 21.1 Å². The molecule has 0 radical (unpaired) electrons. The van der Waals surface area contributed by atoms with Gasteiger partial charge < -0.3 is 28.5 Å². The molecule has 9 nitrogen and oxygen atoms in total. The van der Waals surface area contributed by atoms with E-state index < -0.39 is 24.3 Å². The van der Waals surface area contributed by atoms with Gasteiger partial charge in [0, 0.05) is 12.8 Å². The highest BCUT2D eigenvalue weighted by Crippen LogP contribution is 2.16. The van der Waals surface area contributed by atoms with Crippen LogP contribution >= 0.6 is 0 Å². The zero-order chi connectivity index (χ0) is 44.2. The maximum Gasteiger partial charge on any atom is 0.361 e. The van der Waals surface area contributed by atoms with Gasteiger partial charge in [0.1, 0.15) is 13.2 Å². The Balaban J connectivity index is 4.09. The van der Waals surface area contributed by atoms with Crippen molar-refractivity contribution in [2.75, 3.05) is 47.5 Å². The number of rotatable bonds is 47. The number of unbranched alkanes of at least 4 members (excludes halogenated alkanes) is 30. The van der Waals surface area contributed by atoms with Gasteiger partial charge in [0.15, 0.2) is 6.10 Å². The van der Waals surface area contributed by atoms with Crippen molar-refractivity contribution in [2.24, 2.45) is 0 Å². The molecule has 0 saturated heterocycles. The van der Waals surface area contributed by atoms with Crippen molar-refractivity contribution in [3.8, 4) is 0 Å². The van der Waals surface area contributed by atoms with Crippen LogP contribution in [-0.4, -0.2) is 87.4 Å². The van der Waals surface area contributed by atoms with Gasteiger partial charge in [-0.15, -0.1) is 0 Å². The fourth-order valence-electron chi connectivity index (χ4n) is 7.30. The summed E-state index contributed by atoms with van der Waals surface area (Å²) in [5.74, 6) is -2.00. The number of carbonyl (C=O) groups excluding carboxylic acids is 2. The topological polar surface area (TPSA) is 108 Å². The molecule has 0 aliphatic heterocycles. The lowest BCUT2D eigenvalue weighted by molar-refractivity contribution is -0.870. The first-order chi connectivity index (χ1) is 29.1. The first-order valence-electron chi connectivity index (χ1n) is 25.4. The SMILES string of the molecule is CCCCCCCCCC/C=C\CCCCCCCCCCCCCCCCCC(=O)OC(COC(=O)CCCCCCCCCC)COC(OCC[N+](C)(C)C)C(=O)O. The molecule has 2 atom stereocenters. The lowest BCUT2D eigenvalue weighted by Crippen LogP contribution is -2.40. The Morgan fingerprint density at radius 2 is 0.850 bits per heavy atom. The standard InChI is InChI=1S/C51H97NO8/c1-6-8-10-12-14-16-17-18-19-20-21-22-23-24-25-26-27-28-29-30-31-32-33-34-36-38-40-42-49(54)60-47(46-59-51(50(55)56)57-44-43-52(3,4)5)45-58-48(53)41-39-37-35-15-13-11-9-7-2/h20-21,47,51H,6-19,22-46H2,1-5H3/p+1/b21-20-. The Bertz CT molecular complexity index is 996. The Labute approximate surface area is 370 Å². The number of esters is 2. The molecule has 0 saturated carbocycles. The molecule has 0 rings (SSSR count). The van der Waals surface area contributed by atoms with Gasteiger partial charge in [0.05, 0.1) is 34.4 Å². The van der Waals surface area contributed by atoms with E-state index in [-0.39, 0.29) is 32.2 Å². The Morgan fingerprint density at radius 1 is 0.483 bits per heavy atom. The molecule has 0 fully saturated rings. The molecule has 1 N–H and O–H groups in total. The van der Waals surface area contributed by atoms with Crippen LogP contribution in [0.4, 0.5) is 0 Å². The fourth-order valence-corrected chi connectivity index (χ4v) is 7.30. The molecule has 0 aliphatic rings. The van der Waals surface area contributed by atoms with Crippen molar-refractivity contribution in [1.29, 1.82) is 0 Å². The average molecular weight is 853 g/mol. The van der Waals surface area contributed by atoms with Crippen molar-refractivity contribution in [3.63, 3.8) is 0 Å². The molecule has 2 unspecified atom stereocenters. The van der Waals surface area contributed by atoms with Crippen LogP contribution in [0.1, 0.15) is 239 Å². The van der Waals surface area contributed by atoms with Gasteiger partial charge in [-0.2, -0.15) is 0 Å². The van der Waals surface area contributed by atoms with E-state index in [2.05, 4.69) is 26.0 Å². The minimum atomic E-state index is -1.50. The van der Waals surface area contributed by atoms with E-state index in [1.54, 1.807) is 0 Å². The molecule has 0 aromatic carbocycles. The van der Waals surface area contributed by atoms with Gasteiger partial charge in [-0.3, -0.25) is 9.59 Å². The minimum Gasteiger partial charge on any atom is -0.477 e. The summed E-state index contributed by atoms with van der Waals surface area (Å²) in [6.07, 6.45) is 44.5. The normalized spacial score (nSPS) is 12.9. The molecular weight excluding hydrogens is 755 g/mol. The molecule has 0 amide bonds. The largest absolute Gasteiger partial charge is 0.477 e. The number of aliphatic carboxylic acids is 1. The predicted octanol–water partition coefficient (Wildman–Crippen LogP) is 13.8. The third kappa shape index (κ3) is 44.1. The maximum atomic E-state index is 12.8. The van der Waals surface area contributed by atoms with Crippen LogP contribution in [0.15, 0.2) is 12.2 Å². The first-order valence-corrected chi connectivity index (χ1v) is 25.4. The number of carbonyl (C=O) groups is 3. The van der Waals surface area contributed by atoms with Crippen LogP contribution in [0.5, 0.6) is 0 Å². The lowest BCUT2D eigenvalue weighted by Gasteiger charge is -2.25. The second kappa shape index (κ2) is 43.7. The summed E-state index contributed by atoms with van der Waals surface area (Å²) in [4.78, 5) is 37.0. The first kappa shape index (κ1) is 58.0. The molecule has 0 aromatic heterocycles. The van der Waals surface area contributed by atoms with Crippen molar-refractivity contribution in [3.05, 3.63) is 12.2 Å². The van der Waals surface area contributed by atoms with Gasteiger partial charge in [-0.1, -0.05) is 199 Å². The summed E-state index contributed by atoms with van der Waals surface area (Å²) in [7, 11) is 5.96. The number of hydrogen-bond donors (Lipinski definition) is 1. The van der Waals surface area contributed by atoms with E-state index in [9.17, 15) is 19.5 Å². The highest BCUT2D eigenvalue weighted by Gasteiger charge is 2.25. The summed E-state index contributed by atoms with van der Waals surface area (Å²) in [6, 6.07) is 0. The second-order valence-corrected chi connectivity index (χ2v) is 18.5. The number of nitrogens with zero attached hydrogens (tertiary/aromatic N) is 1. The van der Waals surface area contributed by atoms with Crippen molar-refractivity contribution >= 4 is 17.9 Å². The molecule has 354 valence electrons. The fraction of sp³-hybridized carbons (Fsp3) is 0.902. The zero-order valence-electron chi connectivity index (χ0n) is 40.1. The van der Waals surface area contributed by atoms with Gasteiger partial charge in [0.2, 0.25) is 0 Å². The van der Waals surface area contributed by atoms with E-state index in [0.717, 1.165) is 38.5 Å². The van der Waals surface area contributed by atoms with Crippen LogP contribution in [-0.2, 0) is 33.3 Å². The minimum absolute atomic E-state index is 0.176. The van der Waals surface area contributed by atoms with Crippen LogP contribution < -0.4 is 0 Å². The molecule has 0 aliphatic carbocycles. The average Bonchev–Trinajstić information content (AvgIpc) is 3.21. The van der Waals surface area contributed by atoms with Crippen LogP contribution in [0.3, 0.4) is 0 Å². The highest BCUT2D eigenvalue weighted by molar-refractivity contribution is 5.71. The number of hydrogen-bond acceptors (Lipinski definition) is 7. The number of quaternary nitrogens is 1. The van der Waals surface area contributed by atoms with E-state index in [1.165, 1.54) is 173 Å². The summed E-state index contributed by atoms with van der Waals surface area (Å²) in [5, 5.41) is 9.63. The summed E-state index contributed by atoms with van der Waals surface area (Å²) in [6.45, 7) is 4.86. The molecule has 60 heavy (non-hydrogen) atoms. The number of carboxylic acid groups (broad SMARTS) is 1. The van der Waals surface area contributed by atoms with Gasteiger partial charge in [0.25, 0.3) is 6.29 Å². The molecule has 0 aromatic rings. The Morgan fingerprint density at radius 3 is 1.23 bits per heavy atom. The molecule has 0 spiro atoms. The molecule has 9 heteroatoms. The number of carboxylic acids is 1. The summed E-state index contributed by atoms with van der Waals surface area (Å²) >= 11 is 0. The number of likely N-dealkylation sites (N-methyl/N-ethyl adjacent to an activating group) is 1. The zero-order valence-corrected chi connectivity index (χ0v) is 40.1. The predicted molar refractivity (Wildman–Crippen MR) is 249 cm³/mol. The molecular formula is C51H98NO8+. The van der Waals surface area contributed by atoms with Crippen LogP contribution in [0.2, 0.25) is 0 Å². The van der Waals surface area contributed by atoms with E-state index in [0.29, 0.717) is 17.4 Å². The molecule has 0 heterocycles. The molecule has 0 bridgehead atoms. The van der Waals surface area contributed by atoms with Crippen molar-refractivity contribution in [2.45, 2.75) is 251 Å². The second-order valence-electron chi connectivity index (χ2n) is 18.5. The third-order valence-electron chi connectivity index (χ3n) is 11.3. The number of allylic oxidation sites excluding steroid dienone is 2. The Kier molecular flexibility index (Phi) is 42.2. The maximum absolute atomic E-state index is 12.8.